The number of carbonyl (C=O) groups excluding carboxylic acids is 1. The minimum absolute atomic E-state index is 0.0873. The Morgan fingerprint density at radius 3 is 2.12 bits per heavy atom. The molecule has 6 heteroatoms. The van der Waals surface area contributed by atoms with Crippen LogP contribution < -0.4 is 10.0 Å². The molecule has 0 aliphatic carbocycles. The molecular weight excluding hydrogens is 420 g/mol. The molecule has 3 rings (SSSR count). The summed E-state index contributed by atoms with van der Waals surface area (Å²) in [7, 11) is -3.85. The molecule has 5 nitrogen and oxygen atoms in total. The van der Waals surface area contributed by atoms with E-state index in [9.17, 15) is 13.2 Å². The fourth-order valence-corrected chi connectivity index (χ4v) is 4.99. The number of benzene rings is 3. The third-order valence-corrected chi connectivity index (χ3v) is 6.97. The van der Waals surface area contributed by atoms with Crippen LogP contribution in [-0.4, -0.2) is 14.3 Å². The molecule has 0 aliphatic rings. The highest BCUT2D eigenvalue weighted by atomic mass is 32.2. The number of sulfonamides is 1. The predicted molar refractivity (Wildman–Crippen MR) is 130 cm³/mol. The lowest BCUT2D eigenvalue weighted by molar-refractivity contribution is 0.0939. The molecule has 0 saturated carbocycles. The Kier molecular flexibility index (Phi) is 7.04. The monoisotopic (exact) mass is 450 g/mol. The van der Waals surface area contributed by atoms with Gasteiger partial charge in [0.2, 0.25) is 0 Å². The normalized spacial score (nSPS) is 12.3. The van der Waals surface area contributed by atoms with Crippen molar-refractivity contribution in [2.75, 3.05) is 4.72 Å². The summed E-state index contributed by atoms with van der Waals surface area (Å²) in [4.78, 5) is 13.0. The van der Waals surface area contributed by atoms with Crippen LogP contribution in [0.4, 0.5) is 5.69 Å². The molecule has 0 heterocycles. The van der Waals surface area contributed by atoms with Gasteiger partial charge >= 0.3 is 0 Å². The van der Waals surface area contributed by atoms with Gasteiger partial charge in [-0.05, 0) is 86.2 Å². The van der Waals surface area contributed by atoms with Gasteiger partial charge in [0, 0.05) is 11.3 Å². The Labute approximate surface area is 190 Å². The molecule has 32 heavy (non-hydrogen) atoms. The quantitative estimate of drug-likeness (QED) is 0.501. The summed E-state index contributed by atoms with van der Waals surface area (Å²) in [5.41, 5.74) is 5.53. The van der Waals surface area contributed by atoms with Gasteiger partial charge in [-0.1, -0.05) is 43.3 Å². The minimum atomic E-state index is -3.85. The molecule has 1 atom stereocenters. The number of anilines is 1. The minimum Gasteiger partial charge on any atom is -0.346 e. The second-order valence-corrected chi connectivity index (χ2v) is 9.90. The van der Waals surface area contributed by atoms with E-state index in [2.05, 4.69) is 17.0 Å². The van der Waals surface area contributed by atoms with E-state index in [1.165, 1.54) is 11.6 Å². The lowest BCUT2D eigenvalue weighted by atomic mass is 10.0. The Morgan fingerprint density at radius 1 is 0.906 bits per heavy atom. The van der Waals surface area contributed by atoms with Gasteiger partial charge in [-0.25, -0.2) is 8.42 Å². The van der Waals surface area contributed by atoms with E-state index in [1.807, 2.05) is 51.1 Å². The van der Waals surface area contributed by atoms with Crippen molar-refractivity contribution in [3.05, 3.63) is 94.0 Å². The zero-order chi connectivity index (χ0) is 23.5. The summed E-state index contributed by atoms with van der Waals surface area (Å²) in [5, 5.41) is 2.96. The summed E-state index contributed by atoms with van der Waals surface area (Å²) in [6.07, 6.45) is 0.956. The van der Waals surface area contributed by atoms with E-state index in [1.54, 1.807) is 31.2 Å². The van der Waals surface area contributed by atoms with Gasteiger partial charge in [0.15, 0.2) is 0 Å². The standard InChI is InChI=1S/C26H30N2O3S/c1-6-21-8-11-22(12-9-21)20(5)27-26(29)23-10-7-19(4)25(16-23)32(30,31)28-24-14-17(2)13-18(3)15-24/h7-16,20,28H,6H2,1-5H3,(H,27,29)/t20-/m1/s1. The van der Waals surface area contributed by atoms with E-state index in [0.29, 0.717) is 16.8 Å². The fraction of sp³-hybridized carbons (Fsp3) is 0.269. The van der Waals surface area contributed by atoms with Gasteiger partial charge in [0.05, 0.1) is 10.9 Å². The Bertz CT molecular complexity index is 1210. The Morgan fingerprint density at radius 2 is 1.53 bits per heavy atom. The van der Waals surface area contributed by atoms with Crippen LogP contribution in [-0.2, 0) is 16.4 Å². The molecule has 0 spiro atoms. The molecule has 1 amide bonds. The van der Waals surface area contributed by atoms with Crippen LogP contribution >= 0.6 is 0 Å². The zero-order valence-corrected chi connectivity index (χ0v) is 20.0. The van der Waals surface area contributed by atoms with Crippen molar-refractivity contribution < 1.29 is 13.2 Å². The second kappa shape index (κ2) is 9.57. The number of carbonyl (C=O) groups is 1. The highest BCUT2D eigenvalue weighted by molar-refractivity contribution is 7.92. The molecule has 3 aromatic rings. The molecule has 0 aliphatic heterocycles. The van der Waals surface area contributed by atoms with Crippen molar-refractivity contribution in [2.24, 2.45) is 0 Å². The summed E-state index contributed by atoms with van der Waals surface area (Å²) >= 11 is 0. The van der Waals surface area contributed by atoms with Gasteiger partial charge in [0.25, 0.3) is 15.9 Å². The van der Waals surface area contributed by atoms with Crippen LogP contribution in [0.15, 0.2) is 65.6 Å². The summed E-state index contributed by atoms with van der Waals surface area (Å²) in [6, 6.07) is 18.2. The number of nitrogens with one attached hydrogen (secondary N) is 2. The molecule has 168 valence electrons. The van der Waals surface area contributed by atoms with E-state index in [0.717, 1.165) is 23.1 Å². The highest BCUT2D eigenvalue weighted by Crippen LogP contribution is 2.23. The summed E-state index contributed by atoms with van der Waals surface area (Å²) in [6.45, 7) is 9.55. The average molecular weight is 451 g/mol. The number of hydrogen-bond donors (Lipinski definition) is 2. The third kappa shape index (κ3) is 5.56. The van der Waals surface area contributed by atoms with Crippen molar-refractivity contribution in [3.63, 3.8) is 0 Å². The van der Waals surface area contributed by atoms with E-state index >= 15 is 0 Å². The maximum atomic E-state index is 13.1. The zero-order valence-electron chi connectivity index (χ0n) is 19.2. The van der Waals surface area contributed by atoms with Gasteiger partial charge in [0.1, 0.15) is 0 Å². The topological polar surface area (TPSA) is 75.3 Å². The first-order valence-electron chi connectivity index (χ1n) is 10.7. The highest BCUT2D eigenvalue weighted by Gasteiger charge is 2.20. The number of hydrogen-bond acceptors (Lipinski definition) is 3. The molecule has 0 saturated heterocycles. The van der Waals surface area contributed by atoms with Gasteiger partial charge in [-0.2, -0.15) is 0 Å². The van der Waals surface area contributed by atoms with Crippen LogP contribution in [0.3, 0.4) is 0 Å². The first-order chi connectivity index (χ1) is 15.1. The fourth-order valence-electron chi connectivity index (χ4n) is 3.68. The lowest BCUT2D eigenvalue weighted by Crippen LogP contribution is -2.27. The molecule has 2 N–H and O–H groups in total. The maximum Gasteiger partial charge on any atom is 0.262 e. The molecule has 0 fully saturated rings. The van der Waals surface area contributed by atoms with Gasteiger partial charge < -0.3 is 5.32 Å². The number of amides is 1. The van der Waals surface area contributed by atoms with E-state index < -0.39 is 10.0 Å². The summed E-state index contributed by atoms with van der Waals surface area (Å²) in [5.74, 6) is -0.320. The molecule has 0 unspecified atom stereocenters. The van der Waals surface area contributed by atoms with Crippen molar-refractivity contribution in [1.29, 1.82) is 0 Å². The summed E-state index contributed by atoms with van der Waals surface area (Å²) < 4.78 is 28.8. The maximum absolute atomic E-state index is 13.1. The van der Waals surface area contributed by atoms with Crippen LogP contribution in [0.2, 0.25) is 0 Å². The van der Waals surface area contributed by atoms with Crippen molar-refractivity contribution in [3.8, 4) is 0 Å². The van der Waals surface area contributed by atoms with E-state index in [4.69, 9.17) is 0 Å². The number of aryl methyl sites for hydroxylation is 4. The first kappa shape index (κ1) is 23.5. The van der Waals surface area contributed by atoms with Gasteiger partial charge in [-0.15, -0.1) is 0 Å². The van der Waals surface area contributed by atoms with Crippen LogP contribution in [0.5, 0.6) is 0 Å². The lowest BCUT2D eigenvalue weighted by Gasteiger charge is -2.16. The van der Waals surface area contributed by atoms with Crippen LogP contribution in [0, 0.1) is 20.8 Å². The molecule has 3 aromatic carbocycles. The average Bonchev–Trinajstić information content (AvgIpc) is 2.72. The van der Waals surface area contributed by atoms with Crippen molar-refractivity contribution in [1.82, 2.24) is 5.32 Å². The second-order valence-electron chi connectivity index (χ2n) is 8.25. The molecule has 0 aromatic heterocycles. The van der Waals surface area contributed by atoms with Gasteiger partial charge in [-0.3, -0.25) is 9.52 Å². The Hall–Kier alpha value is -3.12. The predicted octanol–water partition coefficient (Wildman–Crippen LogP) is 5.47. The smallest absolute Gasteiger partial charge is 0.262 e. The molecule has 0 bridgehead atoms. The Balaban J connectivity index is 1.82. The van der Waals surface area contributed by atoms with Crippen LogP contribution in [0.1, 0.15) is 58.1 Å². The van der Waals surface area contributed by atoms with Crippen molar-refractivity contribution in [2.45, 2.75) is 52.0 Å². The van der Waals surface area contributed by atoms with E-state index in [-0.39, 0.29) is 16.8 Å². The largest absolute Gasteiger partial charge is 0.346 e. The third-order valence-electron chi connectivity index (χ3n) is 5.45. The molecule has 0 radical (unpaired) electrons. The van der Waals surface area contributed by atoms with Crippen molar-refractivity contribution >= 4 is 21.6 Å². The SMILES string of the molecule is CCc1ccc([C@@H](C)NC(=O)c2ccc(C)c(S(=O)(=O)Nc3cc(C)cc(C)c3)c2)cc1. The molecular formula is C26H30N2O3S. The first-order valence-corrected chi connectivity index (χ1v) is 12.2. The van der Waals surface area contributed by atoms with Crippen LogP contribution in [0.25, 0.3) is 0 Å². The number of rotatable bonds is 7.